The predicted molar refractivity (Wildman–Crippen MR) is 138 cm³/mol. The highest BCUT2D eigenvalue weighted by atomic mass is 16.5. The van der Waals surface area contributed by atoms with Gasteiger partial charge in [0.15, 0.2) is 0 Å². The van der Waals surface area contributed by atoms with Crippen molar-refractivity contribution in [3.63, 3.8) is 0 Å². The van der Waals surface area contributed by atoms with E-state index in [1.165, 1.54) is 7.11 Å². The fourth-order valence-electron chi connectivity index (χ4n) is 4.91. The van der Waals surface area contributed by atoms with E-state index in [1.807, 2.05) is 6.07 Å². The number of carbonyl (C=O) groups excluding carboxylic acids is 2. The van der Waals surface area contributed by atoms with Gasteiger partial charge < -0.3 is 31.3 Å². The maximum absolute atomic E-state index is 13.1. The van der Waals surface area contributed by atoms with E-state index in [4.69, 9.17) is 26.0 Å². The molecule has 2 aliphatic carbocycles. The number of nitrogens with two attached hydrogens (primary N) is 2. The Kier molecular flexibility index (Phi) is 6.20. The smallest absolute Gasteiger partial charge is 0.338 e. The average Bonchev–Trinajstić information content (AvgIpc) is 2.87. The Balaban J connectivity index is 1.65. The van der Waals surface area contributed by atoms with Gasteiger partial charge in [-0.2, -0.15) is 0 Å². The fraction of sp³-hybridized carbons (Fsp3) is 0.250. The third kappa shape index (κ3) is 4.43. The molecule has 184 valence electrons. The predicted octanol–water partition coefficient (Wildman–Crippen LogP) is 4.05. The number of nitrogen functional groups attached to an aromatic ring is 1. The second-order valence-electron chi connectivity index (χ2n) is 9.28. The summed E-state index contributed by atoms with van der Waals surface area (Å²) in [5, 5.41) is 12.1. The van der Waals surface area contributed by atoms with E-state index in [2.05, 4.69) is 5.32 Å². The Labute approximate surface area is 208 Å². The van der Waals surface area contributed by atoms with Crippen LogP contribution in [0.25, 0.3) is 33.4 Å². The SMILES string of the molecule is COC(=O)c1cc(C(=O)NC2CCC(N)CC2)ccc1-c1c2ccc(=N)cc-2oc2cc(N)ccc12. The van der Waals surface area contributed by atoms with Gasteiger partial charge in [0, 0.05) is 52.0 Å². The van der Waals surface area contributed by atoms with Crippen molar-refractivity contribution in [3.8, 4) is 22.5 Å². The Morgan fingerprint density at radius 1 is 1.00 bits per heavy atom. The largest absolute Gasteiger partial charge is 0.465 e. The molecule has 0 spiro atoms. The fourth-order valence-corrected chi connectivity index (χ4v) is 4.91. The molecule has 3 aliphatic rings. The molecule has 6 N–H and O–H groups in total. The van der Waals surface area contributed by atoms with Gasteiger partial charge in [0.25, 0.3) is 5.91 Å². The lowest BCUT2D eigenvalue weighted by Gasteiger charge is -2.27. The zero-order chi connectivity index (χ0) is 25.4. The number of nitrogens with one attached hydrogen (secondary N) is 2. The maximum Gasteiger partial charge on any atom is 0.338 e. The van der Waals surface area contributed by atoms with Gasteiger partial charge in [0.1, 0.15) is 11.3 Å². The molecule has 36 heavy (non-hydrogen) atoms. The van der Waals surface area contributed by atoms with Gasteiger partial charge >= 0.3 is 5.97 Å². The van der Waals surface area contributed by atoms with Gasteiger partial charge in [-0.1, -0.05) is 6.07 Å². The molecule has 2 aromatic carbocycles. The van der Waals surface area contributed by atoms with E-state index < -0.39 is 5.97 Å². The lowest BCUT2D eigenvalue weighted by Crippen LogP contribution is -2.40. The summed E-state index contributed by atoms with van der Waals surface area (Å²) in [5.41, 5.74) is 15.7. The van der Waals surface area contributed by atoms with Crippen LogP contribution in [0.15, 0.2) is 59.0 Å². The summed E-state index contributed by atoms with van der Waals surface area (Å²) in [4.78, 5) is 26.0. The molecule has 0 saturated heterocycles. The summed E-state index contributed by atoms with van der Waals surface area (Å²) < 4.78 is 11.2. The Morgan fingerprint density at radius 3 is 2.50 bits per heavy atom. The minimum atomic E-state index is -0.557. The summed E-state index contributed by atoms with van der Waals surface area (Å²) in [5.74, 6) is -0.307. The van der Waals surface area contributed by atoms with Crippen molar-refractivity contribution in [3.05, 3.63) is 71.1 Å². The Bertz CT molecular complexity index is 1500. The minimum absolute atomic E-state index is 0.0618. The summed E-state index contributed by atoms with van der Waals surface area (Å²) >= 11 is 0. The van der Waals surface area contributed by atoms with Crippen LogP contribution >= 0.6 is 0 Å². The van der Waals surface area contributed by atoms with Gasteiger partial charge in [-0.25, -0.2) is 4.79 Å². The Hall–Kier alpha value is -4.17. The zero-order valence-corrected chi connectivity index (χ0v) is 20.0. The molecule has 1 fully saturated rings. The molecule has 8 heteroatoms. The van der Waals surface area contributed by atoms with Crippen LogP contribution in [0.1, 0.15) is 46.4 Å². The first-order valence-corrected chi connectivity index (χ1v) is 11.9. The van der Waals surface area contributed by atoms with E-state index in [1.54, 1.807) is 48.5 Å². The average molecular weight is 485 g/mol. The molecule has 1 heterocycles. The number of rotatable bonds is 4. The number of ether oxygens (including phenoxy) is 1. The van der Waals surface area contributed by atoms with E-state index in [-0.39, 0.29) is 23.6 Å². The number of anilines is 1. The third-order valence-electron chi connectivity index (χ3n) is 6.81. The maximum atomic E-state index is 13.1. The van der Waals surface area contributed by atoms with Crippen LogP contribution in [0.5, 0.6) is 0 Å². The van der Waals surface area contributed by atoms with Crippen molar-refractivity contribution in [2.24, 2.45) is 5.73 Å². The number of fused-ring (bicyclic) bond motifs is 2. The third-order valence-corrected chi connectivity index (χ3v) is 6.81. The molecule has 0 atom stereocenters. The molecule has 1 saturated carbocycles. The van der Waals surface area contributed by atoms with Crippen LogP contribution in [-0.4, -0.2) is 31.1 Å². The first kappa shape index (κ1) is 23.6. The van der Waals surface area contributed by atoms with Crippen molar-refractivity contribution >= 4 is 28.5 Å². The molecular weight excluding hydrogens is 456 g/mol. The van der Waals surface area contributed by atoms with E-state index in [9.17, 15) is 9.59 Å². The monoisotopic (exact) mass is 484 g/mol. The summed E-state index contributed by atoms with van der Waals surface area (Å²) in [7, 11) is 1.31. The van der Waals surface area contributed by atoms with Gasteiger partial charge in [0.2, 0.25) is 0 Å². The molecule has 0 aromatic heterocycles. The van der Waals surface area contributed by atoms with E-state index >= 15 is 0 Å². The van der Waals surface area contributed by atoms with Gasteiger partial charge in [-0.15, -0.1) is 0 Å². The first-order chi connectivity index (χ1) is 17.3. The lowest BCUT2D eigenvalue weighted by molar-refractivity contribution is 0.0601. The van der Waals surface area contributed by atoms with Crippen molar-refractivity contribution in [2.75, 3.05) is 12.8 Å². The van der Waals surface area contributed by atoms with Gasteiger partial charge in [-0.3, -0.25) is 4.79 Å². The van der Waals surface area contributed by atoms with Crippen LogP contribution in [0.2, 0.25) is 0 Å². The highest BCUT2D eigenvalue weighted by Crippen LogP contribution is 2.41. The Morgan fingerprint density at radius 2 is 1.75 bits per heavy atom. The molecule has 1 amide bonds. The first-order valence-electron chi connectivity index (χ1n) is 11.9. The molecule has 0 radical (unpaired) electrons. The number of amides is 1. The molecule has 8 nitrogen and oxygen atoms in total. The second-order valence-corrected chi connectivity index (χ2v) is 9.28. The van der Waals surface area contributed by atoms with E-state index in [0.717, 1.165) is 42.2 Å². The number of hydrogen-bond donors (Lipinski definition) is 4. The summed E-state index contributed by atoms with van der Waals surface area (Å²) in [6.07, 6.45) is 3.42. The van der Waals surface area contributed by atoms with Crippen molar-refractivity contribution in [1.29, 1.82) is 5.41 Å². The topological polar surface area (TPSA) is 144 Å². The number of benzene rings is 3. The van der Waals surface area contributed by atoms with Crippen molar-refractivity contribution in [2.45, 2.75) is 37.8 Å². The van der Waals surface area contributed by atoms with E-state index in [0.29, 0.717) is 33.5 Å². The van der Waals surface area contributed by atoms with Crippen molar-refractivity contribution in [1.82, 2.24) is 5.32 Å². The quantitative estimate of drug-likeness (QED) is 0.195. The molecule has 1 aliphatic heterocycles. The molecular formula is C28H28N4O4. The summed E-state index contributed by atoms with van der Waals surface area (Å²) in [6, 6.07) is 15.7. The normalized spacial score (nSPS) is 17.7. The van der Waals surface area contributed by atoms with Crippen LogP contribution in [0, 0.1) is 5.41 Å². The molecule has 2 aromatic rings. The molecule has 0 bridgehead atoms. The number of esters is 1. The zero-order valence-electron chi connectivity index (χ0n) is 20.0. The summed E-state index contributed by atoms with van der Waals surface area (Å²) in [6.45, 7) is 0. The number of methoxy groups -OCH3 is 1. The van der Waals surface area contributed by atoms with Crippen molar-refractivity contribution < 1.29 is 18.7 Å². The highest BCUT2D eigenvalue weighted by molar-refractivity contribution is 6.09. The highest BCUT2D eigenvalue weighted by Gasteiger charge is 2.25. The van der Waals surface area contributed by atoms with Gasteiger partial charge in [0.05, 0.1) is 18.0 Å². The second kappa shape index (κ2) is 9.47. The number of hydrogen-bond acceptors (Lipinski definition) is 7. The van der Waals surface area contributed by atoms with Crippen LogP contribution in [0.4, 0.5) is 5.69 Å². The number of carbonyl (C=O) groups is 2. The van der Waals surface area contributed by atoms with Gasteiger partial charge in [-0.05, 0) is 67.6 Å². The van der Waals surface area contributed by atoms with Crippen LogP contribution in [0.3, 0.4) is 0 Å². The lowest BCUT2D eigenvalue weighted by atomic mass is 9.89. The van der Waals surface area contributed by atoms with Crippen LogP contribution in [-0.2, 0) is 4.74 Å². The molecule has 5 rings (SSSR count). The van der Waals surface area contributed by atoms with Crippen LogP contribution < -0.4 is 22.1 Å². The molecule has 0 unspecified atom stereocenters. The minimum Gasteiger partial charge on any atom is -0.465 e. The standard InChI is InChI=1S/C28H28N4O4/c1-35-28(34)23-12-15(27(33)32-19-7-3-16(29)4-8-19)2-9-20(23)26-21-10-5-17(30)13-24(21)36-25-14-18(31)6-11-22(25)26/h2,5-6,9-14,16,19,30H,3-4,7-8,29,31H2,1H3,(H,32,33).